The van der Waals surface area contributed by atoms with E-state index in [9.17, 15) is 4.79 Å². The SMILES string of the molecule is Cc1cc(NCc2ccoc2C(=O)O)ccc1Br. The second-order valence-electron chi connectivity index (χ2n) is 3.90. The molecule has 0 aliphatic rings. The number of hydrogen-bond donors (Lipinski definition) is 2. The third kappa shape index (κ3) is 2.73. The van der Waals surface area contributed by atoms with E-state index in [1.165, 1.54) is 6.26 Å². The van der Waals surface area contributed by atoms with Crippen LogP contribution in [0.4, 0.5) is 5.69 Å². The molecule has 5 heteroatoms. The fourth-order valence-corrected chi connectivity index (χ4v) is 1.86. The van der Waals surface area contributed by atoms with Gasteiger partial charge >= 0.3 is 5.97 Å². The van der Waals surface area contributed by atoms with Crippen LogP contribution in [-0.4, -0.2) is 11.1 Å². The molecule has 0 spiro atoms. The van der Waals surface area contributed by atoms with E-state index in [2.05, 4.69) is 21.2 Å². The van der Waals surface area contributed by atoms with E-state index in [1.807, 2.05) is 25.1 Å². The van der Waals surface area contributed by atoms with Crippen LogP contribution in [0.15, 0.2) is 39.4 Å². The van der Waals surface area contributed by atoms with E-state index in [0.29, 0.717) is 12.1 Å². The molecule has 18 heavy (non-hydrogen) atoms. The van der Waals surface area contributed by atoms with Gasteiger partial charge in [0, 0.05) is 22.3 Å². The Bertz CT molecular complexity index is 577. The van der Waals surface area contributed by atoms with Crippen molar-refractivity contribution in [3.8, 4) is 0 Å². The normalized spacial score (nSPS) is 10.3. The molecule has 4 nitrogen and oxygen atoms in total. The molecule has 0 saturated heterocycles. The number of nitrogens with one attached hydrogen (secondary N) is 1. The summed E-state index contributed by atoms with van der Waals surface area (Å²) in [7, 11) is 0. The minimum absolute atomic E-state index is 0.0173. The van der Waals surface area contributed by atoms with Gasteiger partial charge in [0.05, 0.1) is 6.26 Å². The van der Waals surface area contributed by atoms with Gasteiger partial charge in [-0.3, -0.25) is 0 Å². The van der Waals surface area contributed by atoms with Gasteiger partial charge in [-0.1, -0.05) is 15.9 Å². The van der Waals surface area contributed by atoms with Gasteiger partial charge < -0.3 is 14.8 Å². The fourth-order valence-electron chi connectivity index (χ4n) is 1.61. The predicted octanol–water partition coefficient (Wildman–Crippen LogP) is 3.66. The summed E-state index contributed by atoms with van der Waals surface area (Å²) < 4.78 is 5.95. The minimum atomic E-state index is -1.05. The van der Waals surface area contributed by atoms with Gasteiger partial charge in [-0.05, 0) is 36.8 Å². The van der Waals surface area contributed by atoms with Crippen molar-refractivity contribution in [2.45, 2.75) is 13.5 Å². The highest BCUT2D eigenvalue weighted by Crippen LogP contribution is 2.21. The van der Waals surface area contributed by atoms with E-state index in [-0.39, 0.29) is 5.76 Å². The second-order valence-corrected chi connectivity index (χ2v) is 4.75. The highest BCUT2D eigenvalue weighted by molar-refractivity contribution is 9.10. The Labute approximate surface area is 113 Å². The number of anilines is 1. The zero-order valence-electron chi connectivity index (χ0n) is 9.74. The van der Waals surface area contributed by atoms with E-state index in [1.54, 1.807) is 6.07 Å². The number of carbonyl (C=O) groups is 1. The van der Waals surface area contributed by atoms with Crippen LogP contribution in [0.5, 0.6) is 0 Å². The lowest BCUT2D eigenvalue weighted by Crippen LogP contribution is -2.04. The van der Waals surface area contributed by atoms with Gasteiger partial charge in [-0.15, -0.1) is 0 Å². The van der Waals surface area contributed by atoms with Crippen LogP contribution in [0, 0.1) is 6.92 Å². The lowest BCUT2D eigenvalue weighted by atomic mass is 10.2. The van der Waals surface area contributed by atoms with Gasteiger partial charge in [0.1, 0.15) is 0 Å². The standard InChI is InChI=1S/C13H12BrNO3/c1-8-6-10(2-3-11(8)14)15-7-9-4-5-18-12(9)13(16)17/h2-6,15H,7H2,1H3,(H,16,17). The Morgan fingerprint density at radius 1 is 1.44 bits per heavy atom. The van der Waals surface area contributed by atoms with Crippen molar-refractivity contribution in [3.63, 3.8) is 0 Å². The molecule has 0 aliphatic heterocycles. The van der Waals surface area contributed by atoms with Crippen LogP contribution >= 0.6 is 15.9 Å². The number of carboxylic acid groups (broad SMARTS) is 1. The van der Waals surface area contributed by atoms with E-state index >= 15 is 0 Å². The maximum Gasteiger partial charge on any atom is 0.372 e. The Kier molecular flexibility index (Phi) is 3.72. The third-order valence-corrected chi connectivity index (χ3v) is 3.47. The van der Waals surface area contributed by atoms with Crippen LogP contribution < -0.4 is 5.32 Å². The van der Waals surface area contributed by atoms with Crippen LogP contribution in [0.25, 0.3) is 0 Å². The second kappa shape index (κ2) is 5.27. The van der Waals surface area contributed by atoms with E-state index < -0.39 is 5.97 Å². The lowest BCUT2D eigenvalue weighted by molar-refractivity contribution is 0.0661. The first kappa shape index (κ1) is 12.7. The quantitative estimate of drug-likeness (QED) is 0.904. The smallest absolute Gasteiger partial charge is 0.372 e. The zero-order valence-corrected chi connectivity index (χ0v) is 11.3. The monoisotopic (exact) mass is 309 g/mol. The highest BCUT2D eigenvalue weighted by Gasteiger charge is 2.13. The zero-order chi connectivity index (χ0) is 13.1. The van der Waals surface area contributed by atoms with Crippen molar-refractivity contribution in [3.05, 3.63) is 51.9 Å². The van der Waals surface area contributed by atoms with Gasteiger partial charge in [0.25, 0.3) is 0 Å². The summed E-state index contributed by atoms with van der Waals surface area (Å²) >= 11 is 3.43. The Morgan fingerprint density at radius 3 is 2.89 bits per heavy atom. The fraction of sp³-hybridized carbons (Fsp3) is 0.154. The van der Waals surface area contributed by atoms with Crippen LogP contribution in [0.1, 0.15) is 21.7 Å². The van der Waals surface area contributed by atoms with Crippen LogP contribution in [0.2, 0.25) is 0 Å². The third-order valence-electron chi connectivity index (χ3n) is 2.58. The molecule has 2 aromatic rings. The average Bonchev–Trinajstić information content (AvgIpc) is 2.79. The summed E-state index contributed by atoms with van der Waals surface area (Å²) in [6, 6.07) is 7.52. The molecule has 0 amide bonds. The summed E-state index contributed by atoms with van der Waals surface area (Å²) in [6.07, 6.45) is 1.38. The molecule has 94 valence electrons. The van der Waals surface area contributed by atoms with Crippen molar-refractivity contribution < 1.29 is 14.3 Å². The molecular formula is C13H12BrNO3. The molecule has 0 saturated carbocycles. The summed E-state index contributed by atoms with van der Waals surface area (Å²) in [5.41, 5.74) is 2.68. The van der Waals surface area contributed by atoms with Gasteiger partial charge in [-0.25, -0.2) is 4.79 Å². The number of aryl methyl sites for hydroxylation is 1. The summed E-state index contributed by atoms with van der Waals surface area (Å²) in [6.45, 7) is 2.41. The maximum absolute atomic E-state index is 10.9. The summed E-state index contributed by atoms with van der Waals surface area (Å²) in [5, 5.41) is 12.1. The molecule has 0 bridgehead atoms. The lowest BCUT2D eigenvalue weighted by Gasteiger charge is -2.07. The molecule has 0 fully saturated rings. The molecule has 1 aromatic heterocycles. The molecule has 2 rings (SSSR count). The Balaban J connectivity index is 2.09. The number of halogens is 1. The first-order chi connectivity index (χ1) is 8.58. The average molecular weight is 310 g/mol. The van der Waals surface area contributed by atoms with Crippen molar-refractivity contribution >= 4 is 27.6 Å². The van der Waals surface area contributed by atoms with Crippen LogP contribution in [-0.2, 0) is 6.54 Å². The largest absolute Gasteiger partial charge is 0.475 e. The summed E-state index contributed by atoms with van der Waals surface area (Å²) in [5.74, 6) is -1.07. The molecule has 1 aromatic carbocycles. The number of furan rings is 1. The number of rotatable bonds is 4. The highest BCUT2D eigenvalue weighted by atomic mass is 79.9. The molecule has 0 unspecified atom stereocenters. The number of carboxylic acids is 1. The minimum Gasteiger partial charge on any atom is -0.475 e. The maximum atomic E-state index is 10.9. The van der Waals surface area contributed by atoms with Gasteiger partial charge in [-0.2, -0.15) is 0 Å². The first-order valence-electron chi connectivity index (χ1n) is 5.37. The number of hydrogen-bond acceptors (Lipinski definition) is 3. The van der Waals surface area contributed by atoms with Crippen molar-refractivity contribution in [1.82, 2.24) is 0 Å². The van der Waals surface area contributed by atoms with Crippen molar-refractivity contribution in [2.24, 2.45) is 0 Å². The molecule has 0 radical (unpaired) electrons. The van der Waals surface area contributed by atoms with Crippen molar-refractivity contribution in [1.29, 1.82) is 0 Å². The van der Waals surface area contributed by atoms with E-state index in [4.69, 9.17) is 9.52 Å². The van der Waals surface area contributed by atoms with Crippen LogP contribution in [0.3, 0.4) is 0 Å². The topological polar surface area (TPSA) is 62.5 Å². The number of benzene rings is 1. The predicted molar refractivity (Wildman–Crippen MR) is 71.9 cm³/mol. The molecule has 0 aliphatic carbocycles. The Hall–Kier alpha value is -1.75. The Morgan fingerprint density at radius 2 is 2.22 bits per heavy atom. The molecular weight excluding hydrogens is 298 g/mol. The van der Waals surface area contributed by atoms with Gasteiger partial charge in [0.15, 0.2) is 0 Å². The molecule has 2 N–H and O–H groups in total. The number of aromatic carboxylic acids is 1. The first-order valence-corrected chi connectivity index (χ1v) is 6.17. The molecule has 1 heterocycles. The molecule has 0 atom stereocenters. The van der Waals surface area contributed by atoms with E-state index in [0.717, 1.165) is 15.7 Å². The van der Waals surface area contributed by atoms with Gasteiger partial charge in [0.2, 0.25) is 5.76 Å². The van der Waals surface area contributed by atoms with Crippen molar-refractivity contribution in [2.75, 3.05) is 5.32 Å². The summed E-state index contributed by atoms with van der Waals surface area (Å²) in [4.78, 5) is 10.9.